The van der Waals surface area contributed by atoms with Gasteiger partial charge in [-0.2, -0.15) is 0 Å². The van der Waals surface area contributed by atoms with E-state index in [-0.39, 0.29) is 0 Å². The average Bonchev–Trinajstić information content (AvgIpc) is 2.79. The van der Waals surface area contributed by atoms with Crippen molar-refractivity contribution < 1.29 is 0 Å². The number of aryl methyl sites for hydroxylation is 2. The Balaban J connectivity index is 2.47. The highest BCUT2D eigenvalue weighted by atomic mass is 32.1. The number of aromatic nitrogens is 3. The van der Waals surface area contributed by atoms with E-state index in [0.717, 1.165) is 38.5 Å². The minimum absolute atomic E-state index is 0.868. The lowest BCUT2D eigenvalue weighted by molar-refractivity contribution is 0.818. The van der Waals surface area contributed by atoms with E-state index in [0.29, 0.717) is 0 Å². The molecular weight excluding hydrogens is 262 g/mol. The molecule has 0 saturated carbocycles. The van der Waals surface area contributed by atoms with Gasteiger partial charge in [-0.3, -0.25) is 0 Å². The highest BCUT2D eigenvalue weighted by Gasteiger charge is 2.11. The van der Waals surface area contributed by atoms with Gasteiger partial charge in [-0.05, 0) is 18.6 Å². The zero-order chi connectivity index (χ0) is 12.7. The number of fused-ring (bicyclic) bond motifs is 2. The zero-order valence-electron chi connectivity index (χ0n) is 10.3. The molecule has 0 aromatic carbocycles. The topological polar surface area (TPSA) is 30.7 Å². The van der Waals surface area contributed by atoms with Crippen molar-refractivity contribution in [3.63, 3.8) is 0 Å². The van der Waals surface area contributed by atoms with Gasteiger partial charge in [0.2, 0.25) is 0 Å². The van der Waals surface area contributed by atoms with Crippen LogP contribution in [-0.2, 0) is 13.5 Å². The van der Waals surface area contributed by atoms with Gasteiger partial charge in [0.05, 0.1) is 10.2 Å². The summed E-state index contributed by atoms with van der Waals surface area (Å²) >= 11 is 7.17. The molecule has 1 aliphatic carbocycles. The van der Waals surface area contributed by atoms with Crippen molar-refractivity contribution in [3.8, 4) is 11.4 Å². The quantitative estimate of drug-likeness (QED) is 0.672. The first kappa shape index (κ1) is 11.7. The third kappa shape index (κ3) is 1.74. The number of hydrogen-bond donors (Lipinski definition) is 0. The smallest absolute Gasteiger partial charge is 0.116 e. The summed E-state index contributed by atoms with van der Waals surface area (Å²) in [4.78, 5) is 8.58. The summed E-state index contributed by atoms with van der Waals surface area (Å²) in [7, 11) is 2.09. The van der Waals surface area contributed by atoms with Crippen LogP contribution in [0.1, 0.15) is 19.0 Å². The van der Waals surface area contributed by atoms with Crippen LogP contribution in [0.3, 0.4) is 0 Å². The molecule has 92 valence electrons. The van der Waals surface area contributed by atoms with Crippen molar-refractivity contribution in [2.75, 3.05) is 0 Å². The summed E-state index contributed by atoms with van der Waals surface area (Å²) in [5, 5.41) is 1.13. The molecule has 0 spiro atoms. The Labute approximate surface area is 114 Å². The molecular formula is C13H13N3S2. The minimum atomic E-state index is 0.868. The molecule has 0 atom stereocenters. The summed E-state index contributed by atoms with van der Waals surface area (Å²) in [6, 6.07) is 4.15. The van der Waals surface area contributed by atoms with E-state index in [4.69, 9.17) is 12.2 Å². The number of nitrogens with zero attached hydrogens (tertiary/aromatic N) is 3. The van der Waals surface area contributed by atoms with Crippen LogP contribution >= 0.6 is 23.8 Å². The highest BCUT2D eigenvalue weighted by molar-refractivity contribution is 7.71. The molecule has 2 aliphatic heterocycles. The summed E-state index contributed by atoms with van der Waals surface area (Å²) in [5.74, 6) is 0. The summed E-state index contributed by atoms with van der Waals surface area (Å²) in [6.45, 7) is 2.19. The predicted octanol–water partition coefficient (Wildman–Crippen LogP) is 3.39. The second kappa shape index (κ2) is 4.40. The van der Waals surface area contributed by atoms with Crippen molar-refractivity contribution in [2.24, 2.45) is 7.05 Å². The van der Waals surface area contributed by atoms with E-state index < -0.39 is 0 Å². The molecule has 0 radical (unpaired) electrons. The lowest BCUT2D eigenvalue weighted by Crippen LogP contribution is -1.99. The van der Waals surface area contributed by atoms with Gasteiger partial charge in [0.15, 0.2) is 0 Å². The van der Waals surface area contributed by atoms with E-state index in [1.807, 2.05) is 6.07 Å². The average molecular weight is 275 g/mol. The van der Waals surface area contributed by atoms with Crippen LogP contribution < -0.4 is 0 Å². The molecule has 3 rings (SSSR count). The van der Waals surface area contributed by atoms with Gasteiger partial charge in [0.1, 0.15) is 12.0 Å². The fourth-order valence-corrected chi connectivity index (χ4v) is 3.55. The van der Waals surface area contributed by atoms with Gasteiger partial charge >= 0.3 is 0 Å². The van der Waals surface area contributed by atoms with E-state index in [2.05, 4.69) is 34.0 Å². The first-order valence-corrected chi connectivity index (χ1v) is 7.12. The number of rotatable bonds is 2. The molecule has 2 heterocycles. The van der Waals surface area contributed by atoms with Crippen LogP contribution in [-0.4, -0.2) is 13.9 Å². The van der Waals surface area contributed by atoms with Gasteiger partial charge in [0, 0.05) is 22.5 Å². The molecule has 3 nitrogen and oxygen atoms in total. The van der Waals surface area contributed by atoms with Gasteiger partial charge < -0.3 is 3.96 Å². The fourth-order valence-electron chi connectivity index (χ4n) is 2.17. The third-order valence-corrected chi connectivity index (χ3v) is 4.51. The van der Waals surface area contributed by atoms with Crippen LogP contribution in [0.25, 0.3) is 11.4 Å². The molecule has 3 aliphatic rings. The SMILES string of the molecule is CCCc1cc2c(=S)cc3ncnc-3c=2sn1C. The third-order valence-electron chi connectivity index (χ3n) is 3.07. The van der Waals surface area contributed by atoms with Gasteiger partial charge in [0.25, 0.3) is 0 Å². The molecule has 0 bridgehead atoms. The Morgan fingerprint density at radius 1 is 1.33 bits per heavy atom. The first-order valence-electron chi connectivity index (χ1n) is 5.94. The van der Waals surface area contributed by atoms with Gasteiger partial charge in [-0.25, -0.2) is 9.97 Å². The molecule has 18 heavy (non-hydrogen) atoms. The molecule has 0 amide bonds. The maximum atomic E-state index is 5.46. The van der Waals surface area contributed by atoms with E-state index in [1.54, 1.807) is 17.9 Å². The van der Waals surface area contributed by atoms with E-state index in [1.165, 1.54) is 5.69 Å². The van der Waals surface area contributed by atoms with Gasteiger partial charge in [-0.1, -0.05) is 37.1 Å². The van der Waals surface area contributed by atoms with E-state index in [9.17, 15) is 0 Å². The maximum absolute atomic E-state index is 5.46. The first-order chi connectivity index (χ1) is 8.70. The van der Waals surface area contributed by atoms with Crippen LogP contribution in [0.2, 0.25) is 0 Å². The van der Waals surface area contributed by atoms with Crippen LogP contribution in [0, 0.1) is 14.3 Å². The van der Waals surface area contributed by atoms with Crippen LogP contribution in [0.5, 0.6) is 0 Å². The van der Waals surface area contributed by atoms with Crippen molar-refractivity contribution in [1.82, 2.24) is 13.9 Å². The fraction of sp³-hybridized carbons (Fsp3) is 0.308. The van der Waals surface area contributed by atoms with Gasteiger partial charge in [-0.15, -0.1) is 0 Å². The Bertz CT molecular complexity index is 787. The molecule has 0 N–H and O–H groups in total. The van der Waals surface area contributed by atoms with Crippen molar-refractivity contribution in [2.45, 2.75) is 19.8 Å². The molecule has 0 aromatic heterocycles. The van der Waals surface area contributed by atoms with Crippen molar-refractivity contribution >= 4 is 23.8 Å². The summed E-state index contributed by atoms with van der Waals surface area (Å²) < 4.78 is 4.21. The minimum Gasteiger partial charge on any atom is -0.305 e. The zero-order valence-corrected chi connectivity index (χ0v) is 11.9. The van der Waals surface area contributed by atoms with E-state index >= 15 is 0 Å². The molecule has 0 fully saturated rings. The van der Waals surface area contributed by atoms with Crippen molar-refractivity contribution in [1.29, 1.82) is 0 Å². The standard InChI is InChI=1S/C13H13N3S2/c1-3-4-8-5-9-11(17)6-10-12(15-7-14-10)13(9)18-16(8)2/h5-7H,3-4H2,1-2H3. The second-order valence-electron chi connectivity index (χ2n) is 4.33. The highest BCUT2D eigenvalue weighted by Crippen LogP contribution is 2.24. The lowest BCUT2D eigenvalue weighted by Gasteiger charge is -2.09. The number of imidazole rings is 1. The maximum Gasteiger partial charge on any atom is 0.116 e. The lowest BCUT2D eigenvalue weighted by atomic mass is 10.1. The monoisotopic (exact) mass is 275 g/mol. The Kier molecular flexibility index (Phi) is 2.87. The van der Waals surface area contributed by atoms with Crippen LogP contribution in [0.4, 0.5) is 0 Å². The Hall–Kier alpha value is -1.33. The molecule has 0 saturated heterocycles. The summed E-state index contributed by atoms with van der Waals surface area (Å²) in [6.07, 6.45) is 3.81. The second-order valence-corrected chi connectivity index (χ2v) is 5.91. The number of hydrogen-bond acceptors (Lipinski definition) is 4. The molecule has 0 aromatic rings. The largest absolute Gasteiger partial charge is 0.305 e. The molecule has 5 heteroatoms. The van der Waals surface area contributed by atoms with Crippen molar-refractivity contribution in [3.05, 3.63) is 38.4 Å². The summed E-state index contributed by atoms with van der Waals surface area (Å²) in [5.41, 5.74) is 3.18. The normalized spacial score (nSPS) is 11.4. The Morgan fingerprint density at radius 2 is 2.17 bits per heavy atom. The predicted molar refractivity (Wildman–Crippen MR) is 75.6 cm³/mol. The van der Waals surface area contributed by atoms with Crippen LogP contribution in [0.15, 0.2) is 18.5 Å². The molecule has 0 unspecified atom stereocenters. The Morgan fingerprint density at radius 3 is 2.94 bits per heavy atom.